The quantitative estimate of drug-likeness (QED) is 0.551. The predicted molar refractivity (Wildman–Crippen MR) is 47.6 cm³/mol. The Balaban J connectivity index is 1.74. The molecule has 0 aromatic rings. The van der Waals surface area contributed by atoms with Crippen LogP contribution in [0.25, 0.3) is 0 Å². The minimum atomic E-state index is 0.0507. The highest BCUT2D eigenvalue weighted by atomic mass is 16.5. The lowest BCUT2D eigenvalue weighted by Gasteiger charge is -2.33. The van der Waals surface area contributed by atoms with E-state index in [2.05, 4.69) is 10.6 Å². The standard InChI is InChI=1S/C8H15N3O2/c12-8(10-7-5-9-6-7)11-1-3-13-4-2-11/h7,9H,1-6H2,(H,10,12). The lowest BCUT2D eigenvalue weighted by atomic mass is 10.2. The van der Waals surface area contributed by atoms with Crippen molar-refractivity contribution in [2.24, 2.45) is 0 Å². The topological polar surface area (TPSA) is 53.6 Å². The second-order valence-corrected chi connectivity index (χ2v) is 3.40. The summed E-state index contributed by atoms with van der Waals surface area (Å²) in [6.07, 6.45) is 0. The predicted octanol–water partition coefficient (Wildman–Crippen LogP) is -1.000. The zero-order valence-electron chi connectivity index (χ0n) is 7.58. The largest absolute Gasteiger partial charge is 0.378 e. The van der Waals surface area contributed by atoms with Gasteiger partial charge >= 0.3 is 6.03 Å². The second kappa shape index (κ2) is 3.93. The Labute approximate surface area is 77.4 Å². The molecule has 5 heteroatoms. The van der Waals surface area contributed by atoms with Crippen molar-refractivity contribution in [3.05, 3.63) is 0 Å². The van der Waals surface area contributed by atoms with E-state index in [4.69, 9.17) is 4.74 Å². The molecule has 0 spiro atoms. The van der Waals surface area contributed by atoms with Crippen LogP contribution in [-0.2, 0) is 4.74 Å². The number of ether oxygens (including phenoxy) is 1. The highest BCUT2D eigenvalue weighted by Crippen LogP contribution is 1.99. The molecule has 2 amide bonds. The first-order chi connectivity index (χ1) is 6.36. The summed E-state index contributed by atoms with van der Waals surface area (Å²) in [5.41, 5.74) is 0. The second-order valence-electron chi connectivity index (χ2n) is 3.40. The maximum Gasteiger partial charge on any atom is 0.317 e. The van der Waals surface area contributed by atoms with Gasteiger partial charge in [0.1, 0.15) is 0 Å². The number of carbonyl (C=O) groups excluding carboxylic acids is 1. The third kappa shape index (κ3) is 2.10. The molecular weight excluding hydrogens is 170 g/mol. The van der Waals surface area contributed by atoms with Gasteiger partial charge in [0.25, 0.3) is 0 Å². The van der Waals surface area contributed by atoms with Crippen LogP contribution in [-0.4, -0.2) is 56.4 Å². The maximum atomic E-state index is 11.5. The van der Waals surface area contributed by atoms with Crippen molar-refractivity contribution in [1.29, 1.82) is 0 Å². The first-order valence-electron chi connectivity index (χ1n) is 4.70. The van der Waals surface area contributed by atoms with Gasteiger partial charge in [-0.1, -0.05) is 0 Å². The first-order valence-corrected chi connectivity index (χ1v) is 4.70. The van der Waals surface area contributed by atoms with Crippen LogP contribution in [0.5, 0.6) is 0 Å². The van der Waals surface area contributed by atoms with Gasteiger partial charge in [0.15, 0.2) is 0 Å². The molecule has 0 unspecified atom stereocenters. The number of morpholine rings is 1. The zero-order chi connectivity index (χ0) is 9.10. The van der Waals surface area contributed by atoms with Crippen molar-refractivity contribution in [3.63, 3.8) is 0 Å². The Morgan fingerprint density at radius 1 is 1.38 bits per heavy atom. The van der Waals surface area contributed by atoms with E-state index >= 15 is 0 Å². The average Bonchev–Trinajstić information content (AvgIpc) is 2.12. The van der Waals surface area contributed by atoms with Crippen LogP contribution in [0.1, 0.15) is 0 Å². The van der Waals surface area contributed by atoms with Gasteiger partial charge in [-0.3, -0.25) is 0 Å². The van der Waals surface area contributed by atoms with E-state index in [1.54, 1.807) is 0 Å². The SMILES string of the molecule is O=C(NC1CNC1)N1CCOCC1. The Kier molecular flexibility index (Phi) is 2.65. The van der Waals surface area contributed by atoms with Crippen molar-refractivity contribution in [3.8, 4) is 0 Å². The van der Waals surface area contributed by atoms with Crippen molar-refractivity contribution in [1.82, 2.24) is 15.5 Å². The number of hydrogen-bond acceptors (Lipinski definition) is 3. The average molecular weight is 185 g/mol. The molecular formula is C8H15N3O2. The number of rotatable bonds is 1. The summed E-state index contributed by atoms with van der Waals surface area (Å²) in [7, 11) is 0. The summed E-state index contributed by atoms with van der Waals surface area (Å²) in [6, 6.07) is 0.380. The molecule has 0 aliphatic carbocycles. The Morgan fingerprint density at radius 3 is 2.62 bits per heavy atom. The fraction of sp³-hybridized carbons (Fsp3) is 0.875. The van der Waals surface area contributed by atoms with Crippen LogP contribution in [0.3, 0.4) is 0 Å². The molecule has 13 heavy (non-hydrogen) atoms. The van der Waals surface area contributed by atoms with E-state index in [1.807, 2.05) is 4.90 Å². The van der Waals surface area contributed by atoms with Crippen LogP contribution in [0.4, 0.5) is 4.79 Å². The van der Waals surface area contributed by atoms with E-state index in [-0.39, 0.29) is 6.03 Å². The van der Waals surface area contributed by atoms with E-state index in [0.29, 0.717) is 32.3 Å². The van der Waals surface area contributed by atoms with Crippen LogP contribution in [0.15, 0.2) is 0 Å². The summed E-state index contributed by atoms with van der Waals surface area (Å²) in [4.78, 5) is 13.3. The van der Waals surface area contributed by atoms with Crippen LogP contribution in [0.2, 0.25) is 0 Å². The molecule has 2 aliphatic heterocycles. The zero-order valence-corrected chi connectivity index (χ0v) is 7.58. The van der Waals surface area contributed by atoms with Gasteiger partial charge in [-0.15, -0.1) is 0 Å². The van der Waals surface area contributed by atoms with Gasteiger partial charge in [-0.2, -0.15) is 0 Å². The van der Waals surface area contributed by atoms with Crippen LogP contribution < -0.4 is 10.6 Å². The van der Waals surface area contributed by atoms with Gasteiger partial charge in [-0.05, 0) is 0 Å². The minimum Gasteiger partial charge on any atom is -0.378 e. The number of amides is 2. The Bertz CT molecular complexity index is 188. The molecule has 0 aromatic heterocycles. The van der Waals surface area contributed by atoms with E-state index in [0.717, 1.165) is 13.1 Å². The van der Waals surface area contributed by atoms with Gasteiger partial charge < -0.3 is 20.3 Å². The molecule has 5 nitrogen and oxygen atoms in total. The molecule has 0 aromatic carbocycles. The Hall–Kier alpha value is -0.810. The molecule has 0 radical (unpaired) electrons. The van der Waals surface area contributed by atoms with E-state index in [1.165, 1.54) is 0 Å². The fourth-order valence-electron chi connectivity index (χ4n) is 1.42. The molecule has 2 heterocycles. The molecule has 2 rings (SSSR count). The minimum absolute atomic E-state index is 0.0507. The smallest absolute Gasteiger partial charge is 0.317 e. The van der Waals surface area contributed by atoms with E-state index < -0.39 is 0 Å². The number of nitrogens with zero attached hydrogens (tertiary/aromatic N) is 1. The van der Waals surface area contributed by atoms with Gasteiger partial charge in [0, 0.05) is 26.2 Å². The number of urea groups is 1. The maximum absolute atomic E-state index is 11.5. The van der Waals surface area contributed by atoms with Crippen LogP contribution >= 0.6 is 0 Å². The molecule has 0 saturated carbocycles. The first kappa shape index (κ1) is 8.77. The Morgan fingerprint density at radius 2 is 2.08 bits per heavy atom. The molecule has 2 N–H and O–H groups in total. The molecule has 74 valence electrons. The highest BCUT2D eigenvalue weighted by molar-refractivity contribution is 5.74. The van der Waals surface area contributed by atoms with Crippen molar-refractivity contribution < 1.29 is 9.53 Å². The molecule has 2 fully saturated rings. The van der Waals surface area contributed by atoms with Gasteiger partial charge in [-0.25, -0.2) is 4.79 Å². The molecule has 0 atom stereocenters. The lowest BCUT2D eigenvalue weighted by molar-refractivity contribution is 0.0520. The normalized spacial score (nSPS) is 23.8. The summed E-state index contributed by atoms with van der Waals surface area (Å²) < 4.78 is 5.16. The third-order valence-electron chi connectivity index (χ3n) is 2.41. The summed E-state index contributed by atoms with van der Waals surface area (Å²) >= 11 is 0. The molecule has 2 aliphatic rings. The summed E-state index contributed by atoms with van der Waals surface area (Å²) in [5, 5.41) is 6.07. The van der Waals surface area contributed by atoms with Gasteiger partial charge in [0.2, 0.25) is 0 Å². The van der Waals surface area contributed by atoms with E-state index in [9.17, 15) is 4.79 Å². The monoisotopic (exact) mass is 185 g/mol. The number of hydrogen-bond donors (Lipinski definition) is 2. The lowest BCUT2D eigenvalue weighted by Crippen LogP contribution is -2.60. The number of carbonyl (C=O) groups is 1. The molecule has 0 bridgehead atoms. The summed E-state index contributed by atoms with van der Waals surface area (Å²) in [5.74, 6) is 0. The van der Waals surface area contributed by atoms with Crippen molar-refractivity contribution in [2.75, 3.05) is 39.4 Å². The van der Waals surface area contributed by atoms with Gasteiger partial charge in [0.05, 0.1) is 19.3 Å². The molecule has 2 saturated heterocycles. The third-order valence-corrected chi connectivity index (χ3v) is 2.41. The van der Waals surface area contributed by atoms with Crippen molar-refractivity contribution >= 4 is 6.03 Å². The number of nitrogens with one attached hydrogen (secondary N) is 2. The van der Waals surface area contributed by atoms with Crippen molar-refractivity contribution in [2.45, 2.75) is 6.04 Å². The fourth-order valence-corrected chi connectivity index (χ4v) is 1.42. The summed E-state index contributed by atoms with van der Waals surface area (Å²) in [6.45, 7) is 4.55. The highest BCUT2D eigenvalue weighted by Gasteiger charge is 2.23. The van der Waals surface area contributed by atoms with Crippen LogP contribution in [0, 0.1) is 0 Å².